The van der Waals surface area contributed by atoms with Crippen LogP contribution in [-0.2, 0) is 6.54 Å². The van der Waals surface area contributed by atoms with E-state index in [9.17, 15) is 0 Å². The second-order valence-electron chi connectivity index (χ2n) is 4.19. The van der Waals surface area contributed by atoms with Crippen molar-refractivity contribution in [2.75, 3.05) is 13.2 Å². The maximum atomic E-state index is 5.75. The molecule has 0 saturated carbocycles. The van der Waals surface area contributed by atoms with Crippen molar-refractivity contribution in [1.29, 1.82) is 0 Å². The number of hydrogen-bond donors (Lipinski definition) is 1. The molecule has 0 spiro atoms. The zero-order valence-electron chi connectivity index (χ0n) is 10.9. The highest BCUT2D eigenvalue weighted by Crippen LogP contribution is 2.28. The van der Waals surface area contributed by atoms with Crippen LogP contribution in [0.25, 0.3) is 0 Å². The summed E-state index contributed by atoms with van der Waals surface area (Å²) in [5.41, 5.74) is 2.23. The molecule has 0 bridgehead atoms. The summed E-state index contributed by atoms with van der Waals surface area (Å²) in [4.78, 5) is 0. The molecular formula is C14H19BrClNO. The van der Waals surface area contributed by atoms with Crippen LogP contribution in [0.4, 0.5) is 0 Å². The molecule has 1 aromatic carbocycles. The second-order valence-corrected chi connectivity index (χ2v) is 5.64. The third kappa shape index (κ3) is 5.01. The topological polar surface area (TPSA) is 21.3 Å². The van der Waals surface area contributed by atoms with Gasteiger partial charge >= 0.3 is 0 Å². The quantitative estimate of drug-likeness (QED) is 0.748. The van der Waals surface area contributed by atoms with Crippen LogP contribution in [0.1, 0.15) is 24.5 Å². The lowest BCUT2D eigenvalue weighted by Crippen LogP contribution is -2.15. The SMILES string of the molecule is C=C(Cl)COc1c(C)cc(Br)cc1CNCCC. The van der Waals surface area contributed by atoms with E-state index in [1.165, 1.54) is 0 Å². The lowest BCUT2D eigenvalue weighted by molar-refractivity contribution is 0.351. The van der Waals surface area contributed by atoms with Crippen LogP contribution in [-0.4, -0.2) is 13.2 Å². The van der Waals surface area contributed by atoms with Crippen LogP contribution < -0.4 is 10.1 Å². The summed E-state index contributed by atoms with van der Waals surface area (Å²) in [7, 11) is 0. The summed E-state index contributed by atoms with van der Waals surface area (Å²) < 4.78 is 6.78. The highest BCUT2D eigenvalue weighted by molar-refractivity contribution is 9.10. The van der Waals surface area contributed by atoms with Crippen LogP contribution in [0.5, 0.6) is 5.75 Å². The fourth-order valence-corrected chi connectivity index (χ4v) is 2.36. The molecule has 0 radical (unpaired) electrons. The van der Waals surface area contributed by atoms with Gasteiger partial charge in [-0.25, -0.2) is 0 Å². The van der Waals surface area contributed by atoms with Crippen molar-refractivity contribution in [2.45, 2.75) is 26.8 Å². The van der Waals surface area contributed by atoms with Gasteiger partial charge in [-0.05, 0) is 37.6 Å². The van der Waals surface area contributed by atoms with Gasteiger partial charge in [0.05, 0.1) is 0 Å². The fourth-order valence-electron chi connectivity index (χ4n) is 1.69. The molecule has 0 fully saturated rings. The van der Waals surface area contributed by atoms with Crippen molar-refractivity contribution >= 4 is 27.5 Å². The molecule has 1 N–H and O–H groups in total. The van der Waals surface area contributed by atoms with E-state index in [1.54, 1.807) is 0 Å². The predicted molar refractivity (Wildman–Crippen MR) is 81.4 cm³/mol. The van der Waals surface area contributed by atoms with Crippen LogP contribution in [0.2, 0.25) is 0 Å². The van der Waals surface area contributed by atoms with E-state index in [4.69, 9.17) is 16.3 Å². The maximum Gasteiger partial charge on any atom is 0.127 e. The van der Waals surface area contributed by atoms with Gasteiger partial charge in [0.15, 0.2) is 0 Å². The highest BCUT2D eigenvalue weighted by atomic mass is 79.9. The van der Waals surface area contributed by atoms with Crippen molar-refractivity contribution in [2.24, 2.45) is 0 Å². The van der Waals surface area contributed by atoms with E-state index in [1.807, 2.05) is 13.0 Å². The molecular weight excluding hydrogens is 314 g/mol. The first-order valence-electron chi connectivity index (χ1n) is 6.00. The smallest absolute Gasteiger partial charge is 0.127 e. The maximum absolute atomic E-state index is 5.75. The molecule has 0 atom stereocenters. The number of ether oxygens (including phenoxy) is 1. The predicted octanol–water partition coefficient (Wildman–Crippen LogP) is 4.39. The Balaban J connectivity index is 2.86. The summed E-state index contributed by atoms with van der Waals surface area (Å²) in [6.07, 6.45) is 1.11. The Morgan fingerprint density at radius 3 is 2.83 bits per heavy atom. The molecule has 0 heterocycles. The molecule has 100 valence electrons. The van der Waals surface area contributed by atoms with Crippen molar-refractivity contribution in [3.63, 3.8) is 0 Å². The van der Waals surface area contributed by atoms with Crippen LogP contribution in [0.15, 0.2) is 28.2 Å². The van der Waals surface area contributed by atoms with Gasteiger partial charge in [0.1, 0.15) is 12.4 Å². The molecule has 1 rings (SSSR count). The molecule has 0 aliphatic rings. The molecule has 0 saturated heterocycles. The highest BCUT2D eigenvalue weighted by Gasteiger charge is 2.09. The minimum atomic E-state index is 0.338. The third-order valence-electron chi connectivity index (χ3n) is 2.43. The van der Waals surface area contributed by atoms with Gasteiger partial charge in [-0.2, -0.15) is 0 Å². The number of nitrogens with one attached hydrogen (secondary N) is 1. The summed E-state index contributed by atoms with van der Waals surface area (Å²) in [6.45, 7) is 9.93. The molecule has 0 aromatic heterocycles. The first-order valence-corrected chi connectivity index (χ1v) is 7.17. The third-order valence-corrected chi connectivity index (χ3v) is 3.00. The van der Waals surface area contributed by atoms with Crippen LogP contribution >= 0.6 is 27.5 Å². The van der Waals surface area contributed by atoms with Crippen LogP contribution in [0, 0.1) is 6.92 Å². The van der Waals surface area contributed by atoms with Gasteiger partial charge in [0.2, 0.25) is 0 Å². The Hall–Kier alpha value is -0.510. The van der Waals surface area contributed by atoms with Crippen molar-refractivity contribution in [3.05, 3.63) is 39.3 Å². The molecule has 0 aliphatic carbocycles. The lowest BCUT2D eigenvalue weighted by Gasteiger charge is -2.15. The zero-order valence-corrected chi connectivity index (χ0v) is 13.2. The average Bonchev–Trinajstić information content (AvgIpc) is 2.27. The van der Waals surface area contributed by atoms with Gasteiger partial charge in [-0.1, -0.05) is 41.0 Å². The van der Waals surface area contributed by atoms with Gasteiger partial charge in [-0.3, -0.25) is 0 Å². The Bertz CT molecular complexity index is 421. The number of hydrogen-bond acceptors (Lipinski definition) is 2. The molecule has 0 amide bonds. The van der Waals surface area contributed by atoms with Crippen molar-refractivity contribution in [3.8, 4) is 5.75 Å². The Morgan fingerprint density at radius 2 is 2.22 bits per heavy atom. The minimum Gasteiger partial charge on any atom is -0.487 e. The van der Waals surface area contributed by atoms with Gasteiger partial charge < -0.3 is 10.1 Å². The second kappa shape index (κ2) is 7.82. The number of aryl methyl sites for hydroxylation is 1. The Labute approximate surface area is 122 Å². The molecule has 0 aliphatic heterocycles. The van der Waals surface area contributed by atoms with Gasteiger partial charge in [0.25, 0.3) is 0 Å². The van der Waals surface area contributed by atoms with Gasteiger partial charge in [0, 0.05) is 21.6 Å². The molecule has 1 aromatic rings. The largest absolute Gasteiger partial charge is 0.487 e. The molecule has 0 unspecified atom stereocenters. The molecule has 2 nitrogen and oxygen atoms in total. The number of halogens is 2. The normalized spacial score (nSPS) is 10.4. The summed E-state index contributed by atoms with van der Waals surface area (Å²) in [5.74, 6) is 0.892. The van der Waals surface area contributed by atoms with Crippen molar-refractivity contribution < 1.29 is 4.74 Å². The van der Waals surface area contributed by atoms with Crippen molar-refractivity contribution in [1.82, 2.24) is 5.32 Å². The van der Waals surface area contributed by atoms with E-state index in [2.05, 4.69) is 40.8 Å². The minimum absolute atomic E-state index is 0.338. The lowest BCUT2D eigenvalue weighted by atomic mass is 10.1. The van der Waals surface area contributed by atoms with E-state index in [0.29, 0.717) is 11.6 Å². The monoisotopic (exact) mass is 331 g/mol. The molecule has 4 heteroatoms. The van der Waals surface area contributed by atoms with E-state index in [0.717, 1.165) is 40.9 Å². The summed E-state index contributed by atoms with van der Waals surface area (Å²) >= 11 is 9.26. The number of benzene rings is 1. The Kier molecular flexibility index (Phi) is 6.76. The first kappa shape index (κ1) is 15.5. The summed E-state index contributed by atoms with van der Waals surface area (Å²) in [6, 6.07) is 4.11. The average molecular weight is 333 g/mol. The molecule has 18 heavy (non-hydrogen) atoms. The van der Waals surface area contributed by atoms with E-state index in [-0.39, 0.29) is 0 Å². The van der Waals surface area contributed by atoms with Gasteiger partial charge in [-0.15, -0.1) is 0 Å². The van der Waals surface area contributed by atoms with E-state index >= 15 is 0 Å². The Morgan fingerprint density at radius 1 is 1.50 bits per heavy atom. The zero-order chi connectivity index (χ0) is 13.5. The standard InChI is InChI=1S/C14H19BrClNO/c1-4-5-17-8-12-7-13(15)6-10(2)14(12)18-9-11(3)16/h6-7,17H,3-5,8-9H2,1-2H3. The van der Waals surface area contributed by atoms with E-state index < -0.39 is 0 Å². The first-order chi connectivity index (χ1) is 8.54. The number of rotatable bonds is 7. The van der Waals surface area contributed by atoms with Crippen LogP contribution in [0.3, 0.4) is 0 Å². The summed E-state index contributed by atoms with van der Waals surface area (Å²) in [5, 5.41) is 3.88. The fraction of sp³-hybridized carbons (Fsp3) is 0.429.